The summed E-state index contributed by atoms with van der Waals surface area (Å²) < 4.78 is 26.7. The minimum atomic E-state index is -3.79. The number of carbonyl (C=O) groups excluding carboxylic acids is 2. The first kappa shape index (κ1) is 28.7. The molecule has 0 saturated heterocycles. The third kappa shape index (κ3) is 7.97. The molecule has 0 unspecified atom stereocenters. The third-order valence-electron chi connectivity index (χ3n) is 5.92. The summed E-state index contributed by atoms with van der Waals surface area (Å²) in [6.07, 6.45) is 1.83. The van der Waals surface area contributed by atoms with Crippen molar-refractivity contribution in [3.8, 4) is 0 Å². The number of anilines is 1. The van der Waals surface area contributed by atoms with Crippen molar-refractivity contribution in [2.45, 2.75) is 65.6 Å². The standard InChI is InChI=1S/C26H36ClN3O4S/c1-7-19(4)28-26(32)20(5)29(16-21-11-10-12-22(27)15-21)25(31)17-30(35(6,33)34)24-14-9-8-13-23(24)18(2)3/h8-15,18-20H,7,16-17H2,1-6H3,(H,28,32)/t19-,20-/m1/s1. The lowest BCUT2D eigenvalue weighted by molar-refractivity contribution is -0.139. The van der Waals surface area contributed by atoms with Gasteiger partial charge in [0, 0.05) is 17.6 Å². The van der Waals surface area contributed by atoms with Crippen LogP contribution in [0.3, 0.4) is 0 Å². The minimum absolute atomic E-state index is 0.0494. The van der Waals surface area contributed by atoms with Gasteiger partial charge in [-0.1, -0.05) is 62.7 Å². The van der Waals surface area contributed by atoms with Gasteiger partial charge in [-0.25, -0.2) is 8.42 Å². The lowest BCUT2D eigenvalue weighted by Crippen LogP contribution is -2.52. The van der Waals surface area contributed by atoms with Gasteiger partial charge in [0.05, 0.1) is 11.9 Å². The van der Waals surface area contributed by atoms with Crippen molar-refractivity contribution in [1.29, 1.82) is 0 Å². The molecule has 2 amide bonds. The first-order valence-corrected chi connectivity index (χ1v) is 14.0. The maximum absolute atomic E-state index is 13.7. The number of rotatable bonds is 11. The molecule has 2 aromatic carbocycles. The number of hydrogen-bond donors (Lipinski definition) is 1. The van der Waals surface area contributed by atoms with Gasteiger partial charge in [-0.15, -0.1) is 0 Å². The Bertz CT molecular complexity index is 1140. The van der Waals surface area contributed by atoms with Crippen molar-refractivity contribution < 1.29 is 18.0 Å². The molecule has 0 aliphatic carbocycles. The zero-order valence-corrected chi connectivity index (χ0v) is 22.9. The topological polar surface area (TPSA) is 86.8 Å². The summed E-state index contributed by atoms with van der Waals surface area (Å²) in [5.41, 5.74) is 2.01. The number of amides is 2. The Morgan fingerprint density at radius 2 is 1.69 bits per heavy atom. The second-order valence-corrected chi connectivity index (χ2v) is 11.5. The van der Waals surface area contributed by atoms with Crippen LogP contribution in [-0.2, 0) is 26.2 Å². The molecule has 192 valence electrons. The highest BCUT2D eigenvalue weighted by molar-refractivity contribution is 7.92. The van der Waals surface area contributed by atoms with E-state index in [9.17, 15) is 18.0 Å². The van der Waals surface area contributed by atoms with Gasteiger partial charge >= 0.3 is 0 Å². The maximum atomic E-state index is 13.7. The molecule has 2 aromatic rings. The summed E-state index contributed by atoms with van der Waals surface area (Å²) in [5.74, 6) is -0.739. The number of carbonyl (C=O) groups is 2. The number of nitrogens with zero attached hydrogens (tertiary/aromatic N) is 2. The van der Waals surface area contributed by atoms with Crippen LogP contribution in [0.4, 0.5) is 5.69 Å². The average Bonchev–Trinajstić information content (AvgIpc) is 2.79. The number of sulfonamides is 1. The van der Waals surface area contributed by atoms with Gasteiger partial charge < -0.3 is 10.2 Å². The lowest BCUT2D eigenvalue weighted by atomic mass is 10.0. The van der Waals surface area contributed by atoms with E-state index in [1.54, 1.807) is 37.3 Å². The van der Waals surface area contributed by atoms with E-state index >= 15 is 0 Å². The summed E-state index contributed by atoms with van der Waals surface area (Å²) in [6, 6.07) is 13.3. The molecule has 2 rings (SSSR count). The maximum Gasteiger partial charge on any atom is 0.244 e. The molecule has 0 radical (unpaired) electrons. The molecule has 35 heavy (non-hydrogen) atoms. The van der Waals surface area contributed by atoms with Gasteiger partial charge in [0.15, 0.2) is 0 Å². The first-order chi connectivity index (χ1) is 16.3. The molecule has 0 heterocycles. The Hall–Kier alpha value is -2.58. The van der Waals surface area contributed by atoms with Crippen molar-refractivity contribution in [3.63, 3.8) is 0 Å². The fourth-order valence-corrected chi connectivity index (χ4v) is 4.76. The smallest absolute Gasteiger partial charge is 0.244 e. The van der Waals surface area contributed by atoms with Crippen LogP contribution in [0.5, 0.6) is 0 Å². The van der Waals surface area contributed by atoms with Crippen molar-refractivity contribution >= 4 is 39.1 Å². The van der Waals surface area contributed by atoms with Crippen LogP contribution < -0.4 is 9.62 Å². The molecular weight excluding hydrogens is 486 g/mol. The number of nitrogens with one attached hydrogen (secondary N) is 1. The van der Waals surface area contributed by atoms with Crippen LogP contribution in [-0.4, -0.2) is 50.0 Å². The van der Waals surface area contributed by atoms with E-state index in [0.29, 0.717) is 10.7 Å². The Kier molecular flexibility index (Phi) is 10.2. The number of halogens is 1. The Morgan fingerprint density at radius 3 is 2.26 bits per heavy atom. The van der Waals surface area contributed by atoms with Gasteiger partial charge in [0.1, 0.15) is 12.6 Å². The zero-order valence-electron chi connectivity index (χ0n) is 21.3. The molecule has 0 spiro atoms. The van der Waals surface area contributed by atoms with Crippen LogP contribution in [0.1, 0.15) is 58.1 Å². The van der Waals surface area contributed by atoms with Gasteiger partial charge in [-0.3, -0.25) is 13.9 Å². The van der Waals surface area contributed by atoms with E-state index in [2.05, 4.69) is 5.32 Å². The van der Waals surface area contributed by atoms with Gasteiger partial charge in [0.2, 0.25) is 21.8 Å². The summed E-state index contributed by atoms with van der Waals surface area (Å²) >= 11 is 6.14. The molecule has 1 N–H and O–H groups in total. The zero-order chi connectivity index (χ0) is 26.3. The van der Waals surface area contributed by atoms with Crippen molar-refractivity contribution in [3.05, 3.63) is 64.7 Å². The highest BCUT2D eigenvalue weighted by Crippen LogP contribution is 2.29. The quantitative estimate of drug-likeness (QED) is 0.469. The van der Waals surface area contributed by atoms with E-state index < -0.39 is 28.5 Å². The number of hydrogen-bond acceptors (Lipinski definition) is 4. The van der Waals surface area contributed by atoms with E-state index in [-0.39, 0.29) is 24.4 Å². The molecule has 0 aliphatic heterocycles. The minimum Gasteiger partial charge on any atom is -0.352 e. The van der Waals surface area contributed by atoms with Gasteiger partial charge in [0.25, 0.3) is 0 Å². The summed E-state index contributed by atoms with van der Waals surface area (Å²) in [4.78, 5) is 28.0. The summed E-state index contributed by atoms with van der Waals surface area (Å²) in [7, 11) is -3.79. The number of para-hydroxylation sites is 1. The Balaban J connectivity index is 2.45. The third-order valence-corrected chi connectivity index (χ3v) is 7.28. The van der Waals surface area contributed by atoms with Crippen molar-refractivity contribution in [1.82, 2.24) is 10.2 Å². The molecule has 7 nitrogen and oxygen atoms in total. The van der Waals surface area contributed by atoms with Crippen LogP contribution in [0.25, 0.3) is 0 Å². The fraction of sp³-hybridized carbons (Fsp3) is 0.462. The van der Waals surface area contributed by atoms with Gasteiger partial charge in [-0.05, 0) is 55.5 Å². The summed E-state index contributed by atoms with van der Waals surface area (Å²) in [5, 5.41) is 3.42. The van der Waals surface area contributed by atoms with E-state index in [4.69, 9.17) is 11.6 Å². The number of benzene rings is 2. The molecule has 2 atom stereocenters. The first-order valence-electron chi connectivity index (χ1n) is 11.8. The molecule has 0 fully saturated rings. The molecule has 0 bridgehead atoms. The van der Waals surface area contributed by atoms with Crippen molar-refractivity contribution in [2.75, 3.05) is 17.1 Å². The second kappa shape index (κ2) is 12.4. The monoisotopic (exact) mass is 521 g/mol. The molecule has 9 heteroatoms. The highest BCUT2D eigenvalue weighted by Gasteiger charge is 2.31. The Labute approximate surface area is 214 Å². The molecule has 0 aliphatic rings. The fourth-order valence-electron chi connectivity index (χ4n) is 3.68. The van der Waals surface area contributed by atoms with E-state index in [1.807, 2.05) is 45.9 Å². The van der Waals surface area contributed by atoms with Crippen LogP contribution >= 0.6 is 11.6 Å². The molecule has 0 saturated carbocycles. The SMILES string of the molecule is CC[C@@H](C)NC(=O)[C@@H](C)N(Cc1cccc(Cl)c1)C(=O)CN(c1ccccc1C(C)C)S(C)(=O)=O. The van der Waals surface area contributed by atoms with E-state index in [1.165, 1.54) is 4.90 Å². The van der Waals surface area contributed by atoms with Crippen LogP contribution in [0.2, 0.25) is 5.02 Å². The predicted octanol–water partition coefficient (Wildman–Crippen LogP) is 4.56. The lowest BCUT2D eigenvalue weighted by Gasteiger charge is -2.32. The average molecular weight is 522 g/mol. The second-order valence-electron chi connectivity index (χ2n) is 9.13. The van der Waals surface area contributed by atoms with Crippen LogP contribution in [0, 0.1) is 0 Å². The highest BCUT2D eigenvalue weighted by atomic mass is 35.5. The van der Waals surface area contributed by atoms with Crippen LogP contribution in [0.15, 0.2) is 48.5 Å². The largest absolute Gasteiger partial charge is 0.352 e. The van der Waals surface area contributed by atoms with Gasteiger partial charge in [-0.2, -0.15) is 0 Å². The van der Waals surface area contributed by atoms with E-state index in [0.717, 1.165) is 28.1 Å². The normalized spacial score (nSPS) is 13.3. The van der Waals surface area contributed by atoms with Crippen molar-refractivity contribution in [2.24, 2.45) is 0 Å². The Morgan fingerprint density at radius 1 is 1.03 bits per heavy atom. The molecule has 0 aromatic heterocycles. The summed E-state index contributed by atoms with van der Waals surface area (Å²) in [6.45, 7) is 9.11. The molecular formula is C26H36ClN3O4S. The predicted molar refractivity (Wildman–Crippen MR) is 142 cm³/mol.